The first-order chi connectivity index (χ1) is 12.0. The van der Waals surface area contributed by atoms with Crippen LogP contribution in [0.15, 0.2) is 47.4 Å². The van der Waals surface area contributed by atoms with Crippen LogP contribution in [0.2, 0.25) is 0 Å². The van der Waals surface area contributed by atoms with Gasteiger partial charge in [-0.15, -0.1) is 0 Å². The minimum Gasteiger partial charge on any atom is -0.345 e. The SMILES string of the molecule is CCn1c(=O)ccc2cnc(Nc3cccc(C(=O)N(C)C)c3)nc21. The number of hydrogen-bond donors (Lipinski definition) is 1. The van der Waals surface area contributed by atoms with E-state index in [4.69, 9.17) is 0 Å². The summed E-state index contributed by atoms with van der Waals surface area (Å²) in [6.45, 7) is 2.42. The Balaban J connectivity index is 1.97. The largest absolute Gasteiger partial charge is 0.345 e. The molecule has 2 heterocycles. The molecule has 128 valence electrons. The summed E-state index contributed by atoms with van der Waals surface area (Å²) >= 11 is 0. The Morgan fingerprint density at radius 2 is 2.04 bits per heavy atom. The molecule has 1 amide bonds. The summed E-state index contributed by atoms with van der Waals surface area (Å²) in [4.78, 5) is 34.3. The van der Waals surface area contributed by atoms with Gasteiger partial charge < -0.3 is 10.2 Å². The van der Waals surface area contributed by atoms with Gasteiger partial charge in [-0.05, 0) is 31.2 Å². The number of nitrogens with zero attached hydrogens (tertiary/aromatic N) is 4. The van der Waals surface area contributed by atoms with Crippen LogP contribution in [0.25, 0.3) is 11.0 Å². The van der Waals surface area contributed by atoms with E-state index in [9.17, 15) is 9.59 Å². The van der Waals surface area contributed by atoms with E-state index in [1.165, 1.54) is 11.0 Å². The summed E-state index contributed by atoms with van der Waals surface area (Å²) in [5.41, 5.74) is 1.75. The molecule has 0 unspecified atom stereocenters. The minimum absolute atomic E-state index is 0.0806. The van der Waals surface area contributed by atoms with Crippen LogP contribution in [0, 0.1) is 0 Å². The predicted octanol–water partition coefficient (Wildman–Crippen LogP) is 2.26. The lowest BCUT2D eigenvalue weighted by molar-refractivity contribution is 0.0827. The second kappa shape index (κ2) is 6.72. The van der Waals surface area contributed by atoms with Crippen molar-refractivity contribution >= 4 is 28.6 Å². The Hall–Kier alpha value is -3.22. The van der Waals surface area contributed by atoms with Crippen molar-refractivity contribution < 1.29 is 4.79 Å². The van der Waals surface area contributed by atoms with E-state index in [-0.39, 0.29) is 11.5 Å². The van der Waals surface area contributed by atoms with E-state index in [1.54, 1.807) is 49.1 Å². The first-order valence-corrected chi connectivity index (χ1v) is 7.95. The molecule has 7 heteroatoms. The summed E-state index contributed by atoms with van der Waals surface area (Å²) in [5.74, 6) is 0.289. The minimum atomic E-state index is -0.0989. The van der Waals surface area contributed by atoms with Crippen LogP contribution in [-0.4, -0.2) is 39.4 Å². The van der Waals surface area contributed by atoms with Gasteiger partial charge in [0.05, 0.1) is 0 Å². The molecule has 7 nitrogen and oxygen atoms in total. The molecule has 0 saturated carbocycles. The highest BCUT2D eigenvalue weighted by molar-refractivity contribution is 5.94. The Morgan fingerprint density at radius 1 is 1.24 bits per heavy atom. The molecule has 0 radical (unpaired) electrons. The van der Waals surface area contributed by atoms with Crippen molar-refractivity contribution in [2.75, 3.05) is 19.4 Å². The quantitative estimate of drug-likeness (QED) is 0.790. The van der Waals surface area contributed by atoms with E-state index in [0.717, 1.165) is 5.39 Å². The lowest BCUT2D eigenvalue weighted by Crippen LogP contribution is -2.21. The van der Waals surface area contributed by atoms with E-state index >= 15 is 0 Å². The van der Waals surface area contributed by atoms with Gasteiger partial charge in [0.2, 0.25) is 5.95 Å². The van der Waals surface area contributed by atoms with Gasteiger partial charge in [-0.1, -0.05) is 6.07 Å². The molecule has 0 fully saturated rings. The van der Waals surface area contributed by atoms with E-state index < -0.39 is 0 Å². The third-order valence-electron chi connectivity index (χ3n) is 3.81. The number of carbonyl (C=O) groups is 1. The Morgan fingerprint density at radius 3 is 2.76 bits per heavy atom. The molecule has 25 heavy (non-hydrogen) atoms. The van der Waals surface area contributed by atoms with Crippen LogP contribution >= 0.6 is 0 Å². The first kappa shape index (κ1) is 16.6. The second-order valence-electron chi connectivity index (χ2n) is 5.79. The number of aromatic nitrogens is 3. The number of fused-ring (bicyclic) bond motifs is 1. The van der Waals surface area contributed by atoms with Crippen molar-refractivity contribution in [3.05, 3.63) is 58.5 Å². The van der Waals surface area contributed by atoms with E-state index in [2.05, 4.69) is 15.3 Å². The fourth-order valence-electron chi connectivity index (χ4n) is 2.55. The summed E-state index contributed by atoms with van der Waals surface area (Å²) in [6, 6.07) is 10.3. The molecule has 0 atom stereocenters. The van der Waals surface area contributed by atoms with Crippen molar-refractivity contribution in [2.45, 2.75) is 13.5 Å². The predicted molar refractivity (Wildman–Crippen MR) is 97.2 cm³/mol. The molecule has 0 aliphatic carbocycles. The number of benzene rings is 1. The summed E-state index contributed by atoms with van der Waals surface area (Å²) in [7, 11) is 3.41. The highest BCUT2D eigenvalue weighted by atomic mass is 16.2. The Bertz CT molecular complexity index is 994. The van der Waals surface area contributed by atoms with Gasteiger partial charge in [0.1, 0.15) is 5.65 Å². The number of amides is 1. The second-order valence-corrected chi connectivity index (χ2v) is 5.79. The van der Waals surface area contributed by atoms with Crippen molar-refractivity contribution in [2.24, 2.45) is 0 Å². The smallest absolute Gasteiger partial charge is 0.253 e. The van der Waals surface area contributed by atoms with Crippen LogP contribution < -0.4 is 10.9 Å². The van der Waals surface area contributed by atoms with E-state index in [0.29, 0.717) is 29.4 Å². The molecule has 0 aliphatic heterocycles. The monoisotopic (exact) mass is 337 g/mol. The molecule has 3 aromatic rings. The number of rotatable bonds is 4. The van der Waals surface area contributed by atoms with Crippen LogP contribution in [0.5, 0.6) is 0 Å². The maximum Gasteiger partial charge on any atom is 0.253 e. The number of aryl methyl sites for hydroxylation is 1. The van der Waals surface area contributed by atoms with Gasteiger partial charge in [-0.2, -0.15) is 4.98 Å². The lowest BCUT2D eigenvalue weighted by atomic mass is 10.2. The van der Waals surface area contributed by atoms with Gasteiger partial charge in [0.15, 0.2) is 0 Å². The molecule has 0 aliphatic rings. The van der Waals surface area contributed by atoms with Crippen molar-refractivity contribution in [3.8, 4) is 0 Å². The maximum absolute atomic E-state index is 12.1. The summed E-state index contributed by atoms with van der Waals surface area (Å²) in [6.07, 6.45) is 1.67. The van der Waals surface area contributed by atoms with Gasteiger partial charge in [0.25, 0.3) is 11.5 Å². The molecule has 2 aromatic heterocycles. The number of hydrogen-bond acceptors (Lipinski definition) is 5. The average Bonchev–Trinajstić information content (AvgIpc) is 2.61. The number of carbonyl (C=O) groups excluding carboxylic acids is 1. The first-order valence-electron chi connectivity index (χ1n) is 7.95. The van der Waals surface area contributed by atoms with Crippen molar-refractivity contribution in [1.82, 2.24) is 19.4 Å². The number of anilines is 2. The van der Waals surface area contributed by atoms with Gasteiger partial charge in [0, 0.05) is 49.5 Å². The molecule has 0 spiro atoms. The summed E-state index contributed by atoms with van der Waals surface area (Å²) < 4.78 is 1.59. The van der Waals surface area contributed by atoms with Crippen LogP contribution in [0.1, 0.15) is 17.3 Å². The van der Waals surface area contributed by atoms with Gasteiger partial charge >= 0.3 is 0 Å². The van der Waals surface area contributed by atoms with Crippen LogP contribution in [0.4, 0.5) is 11.6 Å². The molecule has 0 bridgehead atoms. The van der Waals surface area contributed by atoms with Crippen molar-refractivity contribution in [3.63, 3.8) is 0 Å². The molecular formula is C18H19N5O2. The summed E-state index contributed by atoms with van der Waals surface area (Å²) in [5, 5.41) is 3.89. The maximum atomic E-state index is 12.1. The normalized spacial score (nSPS) is 10.7. The standard InChI is InChI=1S/C18H19N5O2/c1-4-23-15(24)9-8-13-11-19-18(21-16(13)23)20-14-7-5-6-12(10-14)17(25)22(2)3/h5-11H,4H2,1-3H3,(H,19,20,21). The molecule has 1 N–H and O–H groups in total. The van der Waals surface area contributed by atoms with Crippen LogP contribution in [-0.2, 0) is 6.54 Å². The van der Waals surface area contributed by atoms with Gasteiger partial charge in [-0.25, -0.2) is 4.98 Å². The third kappa shape index (κ3) is 3.35. The third-order valence-corrected chi connectivity index (χ3v) is 3.81. The highest BCUT2D eigenvalue weighted by Crippen LogP contribution is 2.17. The fourth-order valence-corrected chi connectivity index (χ4v) is 2.55. The lowest BCUT2D eigenvalue weighted by Gasteiger charge is -2.12. The zero-order chi connectivity index (χ0) is 18.0. The van der Waals surface area contributed by atoms with Crippen molar-refractivity contribution in [1.29, 1.82) is 0 Å². The molecule has 0 saturated heterocycles. The average molecular weight is 337 g/mol. The molecule has 1 aromatic carbocycles. The Labute approximate surface area is 144 Å². The Kier molecular flexibility index (Phi) is 4.47. The van der Waals surface area contributed by atoms with Crippen LogP contribution in [0.3, 0.4) is 0 Å². The highest BCUT2D eigenvalue weighted by Gasteiger charge is 2.10. The number of pyridine rings is 1. The fraction of sp³-hybridized carbons (Fsp3) is 0.222. The topological polar surface area (TPSA) is 80.1 Å². The zero-order valence-corrected chi connectivity index (χ0v) is 14.4. The molecular weight excluding hydrogens is 318 g/mol. The molecule has 3 rings (SSSR count). The number of nitrogens with one attached hydrogen (secondary N) is 1. The van der Waals surface area contributed by atoms with E-state index in [1.807, 2.05) is 13.0 Å². The van der Waals surface area contributed by atoms with Gasteiger partial charge in [-0.3, -0.25) is 14.2 Å². The zero-order valence-electron chi connectivity index (χ0n) is 14.4.